The van der Waals surface area contributed by atoms with Crippen LogP contribution in [0.5, 0.6) is 5.75 Å². The Kier molecular flexibility index (Phi) is 6.03. The summed E-state index contributed by atoms with van der Waals surface area (Å²) in [5, 5.41) is 0. The van der Waals surface area contributed by atoms with Gasteiger partial charge in [-0.05, 0) is 41.5 Å². The van der Waals surface area contributed by atoms with Gasteiger partial charge in [0.25, 0.3) is 0 Å². The van der Waals surface area contributed by atoms with Gasteiger partial charge in [-0.2, -0.15) is 15.0 Å². The van der Waals surface area contributed by atoms with Gasteiger partial charge in [-0.15, -0.1) is 0 Å². The number of nitrogens with two attached hydrogens (primary N) is 1. The smallest absolute Gasteiger partial charge is 0.235 e. The van der Waals surface area contributed by atoms with Crippen LogP contribution >= 0.6 is 0 Å². The SMILES string of the molecule is COc1ccc(Cc2nc(N)nc(N(Cc3ccccc3)c3cccc(F)c3)n2)cc1. The molecule has 3 aromatic carbocycles. The highest BCUT2D eigenvalue weighted by Crippen LogP contribution is 2.26. The number of halogens is 1. The van der Waals surface area contributed by atoms with Gasteiger partial charge in [0.1, 0.15) is 17.4 Å². The third kappa shape index (κ3) is 5.14. The fourth-order valence-electron chi connectivity index (χ4n) is 3.24. The number of benzene rings is 3. The predicted octanol–water partition coefficient (Wildman–Crippen LogP) is 4.53. The van der Waals surface area contributed by atoms with E-state index in [1.54, 1.807) is 13.2 Å². The highest BCUT2D eigenvalue weighted by atomic mass is 19.1. The maximum atomic E-state index is 14.0. The molecule has 0 bridgehead atoms. The summed E-state index contributed by atoms with van der Waals surface area (Å²) < 4.78 is 19.2. The zero-order valence-corrected chi connectivity index (χ0v) is 17.1. The van der Waals surface area contributed by atoms with Crippen LogP contribution < -0.4 is 15.4 Å². The molecule has 0 atom stereocenters. The predicted molar refractivity (Wildman–Crippen MR) is 119 cm³/mol. The lowest BCUT2D eigenvalue weighted by Gasteiger charge is -2.23. The molecule has 0 saturated carbocycles. The molecule has 1 aromatic heterocycles. The quantitative estimate of drug-likeness (QED) is 0.478. The fraction of sp³-hybridized carbons (Fsp3) is 0.125. The Balaban J connectivity index is 1.70. The van der Waals surface area contributed by atoms with Gasteiger partial charge >= 0.3 is 0 Å². The van der Waals surface area contributed by atoms with Crippen LogP contribution in [0, 0.1) is 5.82 Å². The summed E-state index contributed by atoms with van der Waals surface area (Å²) in [4.78, 5) is 15.1. The first kappa shape index (κ1) is 20.3. The first-order chi connectivity index (χ1) is 15.1. The van der Waals surface area contributed by atoms with Crippen LogP contribution in [-0.2, 0) is 13.0 Å². The summed E-state index contributed by atoms with van der Waals surface area (Å²) in [5.74, 6) is 1.45. The average molecular weight is 415 g/mol. The van der Waals surface area contributed by atoms with Crippen molar-refractivity contribution in [3.05, 3.63) is 102 Å². The largest absolute Gasteiger partial charge is 0.497 e. The van der Waals surface area contributed by atoms with Crippen molar-refractivity contribution in [1.82, 2.24) is 15.0 Å². The van der Waals surface area contributed by atoms with Gasteiger partial charge in [-0.1, -0.05) is 48.5 Å². The molecule has 4 rings (SSSR count). The molecular formula is C24H22FN5O. The standard InChI is InChI=1S/C24H22FN5O/c1-31-21-12-10-17(11-13-21)14-22-27-23(26)29-24(28-22)30(16-18-6-3-2-4-7-18)20-9-5-8-19(25)15-20/h2-13,15H,14,16H2,1H3,(H2,26,27,28,29). The molecule has 7 heteroatoms. The minimum Gasteiger partial charge on any atom is -0.497 e. The van der Waals surface area contributed by atoms with Crippen LogP contribution in [0.4, 0.5) is 22.0 Å². The lowest BCUT2D eigenvalue weighted by atomic mass is 10.1. The molecular weight excluding hydrogens is 393 g/mol. The number of anilines is 3. The van der Waals surface area contributed by atoms with Crippen LogP contribution in [0.25, 0.3) is 0 Å². The molecule has 0 amide bonds. The number of hydrogen-bond acceptors (Lipinski definition) is 6. The van der Waals surface area contributed by atoms with Gasteiger partial charge in [-0.3, -0.25) is 0 Å². The maximum Gasteiger partial charge on any atom is 0.235 e. The molecule has 0 aliphatic rings. The van der Waals surface area contributed by atoms with Crippen LogP contribution in [0.15, 0.2) is 78.9 Å². The van der Waals surface area contributed by atoms with Crippen molar-refractivity contribution in [3.63, 3.8) is 0 Å². The molecule has 0 unspecified atom stereocenters. The maximum absolute atomic E-state index is 14.0. The van der Waals surface area contributed by atoms with E-state index in [1.807, 2.05) is 65.6 Å². The van der Waals surface area contributed by atoms with E-state index in [-0.39, 0.29) is 11.8 Å². The van der Waals surface area contributed by atoms with E-state index >= 15 is 0 Å². The van der Waals surface area contributed by atoms with Gasteiger partial charge in [0.2, 0.25) is 11.9 Å². The summed E-state index contributed by atoms with van der Waals surface area (Å²) >= 11 is 0. The molecule has 0 aliphatic carbocycles. The first-order valence-corrected chi connectivity index (χ1v) is 9.81. The number of hydrogen-bond donors (Lipinski definition) is 1. The summed E-state index contributed by atoms with van der Waals surface area (Å²) in [6, 6.07) is 23.8. The topological polar surface area (TPSA) is 77.2 Å². The van der Waals surface area contributed by atoms with Crippen molar-refractivity contribution < 1.29 is 9.13 Å². The van der Waals surface area contributed by atoms with Crippen molar-refractivity contribution in [1.29, 1.82) is 0 Å². The van der Waals surface area contributed by atoms with Gasteiger partial charge < -0.3 is 15.4 Å². The van der Waals surface area contributed by atoms with Gasteiger partial charge in [0.15, 0.2) is 0 Å². The van der Waals surface area contributed by atoms with Crippen molar-refractivity contribution in [3.8, 4) is 5.75 Å². The minimum absolute atomic E-state index is 0.114. The first-order valence-electron chi connectivity index (χ1n) is 9.81. The lowest BCUT2D eigenvalue weighted by Crippen LogP contribution is -2.21. The molecule has 0 fully saturated rings. The van der Waals surface area contributed by atoms with Crippen molar-refractivity contribution >= 4 is 17.6 Å². The number of nitrogen functional groups attached to an aromatic ring is 1. The molecule has 0 radical (unpaired) electrons. The van der Waals surface area contributed by atoms with Crippen molar-refractivity contribution in [2.24, 2.45) is 0 Å². The van der Waals surface area contributed by atoms with Crippen LogP contribution in [0.3, 0.4) is 0 Å². The Hall–Kier alpha value is -4.00. The Labute approximate surface area is 180 Å². The third-order valence-electron chi connectivity index (χ3n) is 4.75. The minimum atomic E-state index is -0.337. The van der Waals surface area contributed by atoms with Gasteiger partial charge in [0, 0.05) is 12.1 Å². The molecule has 2 N–H and O–H groups in total. The second-order valence-electron chi connectivity index (χ2n) is 6.99. The summed E-state index contributed by atoms with van der Waals surface area (Å²) in [7, 11) is 1.63. The highest BCUT2D eigenvalue weighted by molar-refractivity contribution is 5.58. The van der Waals surface area contributed by atoms with Crippen molar-refractivity contribution in [2.45, 2.75) is 13.0 Å². The number of rotatable bonds is 7. The van der Waals surface area contributed by atoms with Crippen molar-refractivity contribution in [2.75, 3.05) is 17.7 Å². The molecule has 156 valence electrons. The third-order valence-corrected chi connectivity index (χ3v) is 4.75. The summed E-state index contributed by atoms with van der Waals surface area (Å²) in [6.07, 6.45) is 0.478. The number of nitrogens with zero attached hydrogens (tertiary/aromatic N) is 4. The highest BCUT2D eigenvalue weighted by Gasteiger charge is 2.16. The number of aromatic nitrogens is 3. The second kappa shape index (κ2) is 9.21. The molecule has 0 saturated heterocycles. The summed E-state index contributed by atoms with van der Waals surface area (Å²) in [6.45, 7) is 0.454. The van der Waals surface area contributed by atoms with Crippen LogP contribution in [-0.4, -0.2) is 22.1 Å². The van der Waals surface area contributed by atoms with E-state index in [1.165, 1.54) is 12.1 Å². The molecule has 31 heavy (non-hydrogen) atoms. The molecule has 1 heterocycles. The van der Waals surface area contributed by atoms with E-state index in [2.05, 4.69) is 15.0 Å². The Morgan fingerprint density at radius 2 is 1.65 bits per heavy atom. The second-order valence-corrected chi connectivity index (χ2v) is 6.99. The van der Waals surface area contributed by atoms with Crippen LogP contribution in [0.1, 0.15) is 17.0 Å². The Morgan fingerprint density at radius 3 is 2.35 bits per heavy atom. The fourth-order valence-corrected chi connectivity index (χ4v) is 3.24. The van der Waals surface area contributed by atoms with Gasteiger partial charge in [-0.25, -0.2) is 4.39 Å². The van der Waals surface area contributed by atoms with Crippen LogP contribution in [0.2, 0.25) is 0 Å². The Bertz CT molecular complexity index is 1150. The summed E-state index contributed by atoms with van der Waals surface area (Å²) in [5.41, 5.74) is 8.69. The van der Waals surface area contributed by atoms with E-state index in [0.717, 1.165) is 16.9 Å². The zero-order chi connectivity index (χ0) is 21.6. The molecule has 0 aliphatic heterocycles. The zero-order valence-electron chi connectivity index (χ0n) is 17.1. The van der Waals surface area contributed by atoms with E-state index in [4.69, 9.17) is 10.5 Å². The average Bonchev–Trinajstić information content (AvgIpc) is 2.78. The van der Waals surface area contributed by atoms with E-state index < -0.39 is 0 Å². The van der Waals surface area contributed by atoms with E-state index in [9.17, 15) is 4.39 Å². The normalized spacial score (nSPS) is 10.6. The molecule has 0 spiro atoms. The Morgan fingerprint density at radius 1 is 0.871 bits per heavy atom. The monoisotopic (exact) mass is 415 g/mol. The van der Waals surface area contributed by atoms with E-state index in [0.29, 0.717) is 30.4 Å². The number of ether oxygens (including phenoxy) is 1. The lowest BCUT2D eigenvalue weighted by molar-refractivity contribution is 0.414. The molecule has 6 nitrogen and oxygen atoms in total. The molecule has 4 aromatic rings. The van der Waals surface area contributed by atoms with Gasteiger partial charge in [0.05, 0.1) is 13.7 Å². The number of methoxy groups -OCH3 is 1.